The Morgan fingerprint density at radius 1 is 0.867 bits per heavy atom. The van der Waals surface area contributed by atoms with Gasteiger partial charge >= 0.3 is 24.7 Å². The summed E-state index contributed by atoms with van der Waals surface area (Å²) < 4.78 is 31.6. The third-order valence-electron chi connectivity index (χ3n) is 4.68. The summed E-state index contributed by atoms with van der Waals surface area (Å²) in [6.45, 7) is 8.24. The van der Waals surface area contributed by atoms with Crippen molar-refractivity contribution < 1.29 is 44.9 Å². The van der Waals surface area contributed by atoms with Crippen molar-refractivity contribution in [1.29, 1.82) is 0 Å². The standard InChI is InChI=1S/C9H40O10Si11/c1-9-25(3,4)17-27(7,8)19-28(18-26(5,6)14,29(20,15-2)22-11)30(23-12,24-13)16-21-10/h9-14H,1,21-24H2,2-8,20H3. The van der Waals surface area contributed by atoms with E-state index in [-0.39, 0.29) is 0 Å². The van der Waals surface area contributed by atoms with Crippen molar-refractivity contribution in [3.63, 3.8) is 0 Å². The van der Waals surface area contributed by atoms with Gasteiger partial charge in [0.15, 0.2) is 36.2 Å². The van der Waals surface area contributed by atoms with Crippen molar-refractivity contribution in [2.75, 3.05) is 7.11 Å². The van der Waals surface area contributed by atoms with Crippen molar-refractivity contribution in [2.24, 2.45) is 0 Å². The molecule has 0 aromatic rings. The van der Waals surface area contributed by atoms with Crippen LogP contribution >= 0.6 is 0 Å². The highest BCUT2D eigenvalue weighted by Crippen LogP contribution is 2.35. The molecule has 5 N–H and O–H groups in total. The fraction of sp³-hybridized carbons (Fsp3) is 0.778. The van der Waals surface area contributed by atoms with Gasteiger partial charge in [-0.2, -0.15) is 0 Å². The average molecular weight is 617 g/mol. The molecule has 2 unspecified atom stereocenters. The van der Waals surface area contributed by atoms with Gasteiger partial charge in [0.05, 0.1) is 0 Å². The number of hydrogen-bond acceptors (Lipinski definition) is 10. The molecule has 0 fully saturated rings. The Morgan fingerprint density at radius 3 is 1.67 bits per heavy atom. The molecule has 10 nitrogen and oxygen atoms in total. The first kappa shape index (κ1) is 31.7. The lowest BCUT2D eigenvalue weighted by atomic mass is 11.3. The Labute approximate surface area is 197 Å². The van der Waals surface area contributed by atoms with Crippen LogP contribution in [0.2, 0.25) is 39.3 Å². The van der Waals surface area contributed by atoms with E-state index in [1.165, 1.54) is 7.11 Å². The minimum absolute atomic E-state index is 0.423. The van der Waals surface area contributed by atoms with E-state index in [4.69, 9.17) is 20.9 Å². The molecule has 0 saturated carbocycles. The Hall–Kier alpha value is 1.73. The molecule has 30 heavy (non-hydrogen) atoms. The molecule has 0 saturated heterocycles. The lowest BCUT2D eigenvalue weighted by Crippen LogP contribution is -2.92. The smallest absolute Gasteiger partial charge is 0.336 e. The van der Waals surface area contributed by atoms with Crippen molar-refractivity contribution in [1.82, 2.24) is 0 Å². The van der Waals surface area contributed by atoms with Crippen LogP contribution in [0.25, 0.3) is 0 Å². The Balaban J connectivity index is 7.04. The van der Waals surface area contributed by atoms with Crippen LogP contribution in [0.5, 0.6) is 0 Å². The van der Waals surface area contributed by atoms with Crippen molar-refractivity contribution in [2.45, 2.75) is 39.3 Å². The fourth-order valence-corrected chi connectivity index (χ4v) is 166. The monoisotopic (exact) mass is 616 g/mol. The van der Waals surface area contributed by atoms with Crippen LogP contribution in [0.3, 0.4) is 0 Å². The second-order valence-electron chi connectivity index (χ2n) is 8.75. The quantitative estimate of drug-likeness (QED) is 0.113. The summed E-state index contributed by atoms with van der Waals surface area (Å²) in [5.74, 6) is 0. The molecule has 0 rings (SSSR count). The van der Waals surface area contributed by atoms with Gasteiger partial charge in [0.25, 0.3) is 16.9 Å². The van der Waals surface area contributed by atoms with E-state index in [0.29, 0.717) is 9.76 Å². The van der Waals surface area contributed by atoms with E-state index in [1.807, 2.05) is 26.2 Å². The molecule has 0 aliphatic carbocycles. The summed E-state index contributed by atoms with van der Waals surface area (Å²) in [5, 5.41) is 0. The molecule has 0 bridgehead atoms. The lowest BCUT2D eigenvalue weighted by molar-refractivity contribution is 0.300. The van der Waals surface area contributed by atoms with Gasteiger partial charge in [-0.3, -0.25) is 0 Å². The van der Waals surface area contributed by atoms with Crippen LogP contribution in [0.1, 0.15) is 0 Å². The molecule has 0 aliphatic heterocycles. The predicted octanol–water partition coefficient (Wildman–Crippen LogP) is -5.91. The van der Waals surface area contributed by atoms with Gasteiger partial charge in [-0.15, -0.1) is 6.58 Å². The molecular formula is C9H40O10Si11. The minimum Gasteiger partial charge on any atom is -0.440 e. The molecule has 0 aromatic heterocycles. The molecule has 0 spiro atoms. The maximum Gasteiger partial charge on any atom is 0.336 e. The third kappa shape index (κ3) is 7.62. The summed E-state index contributed by atoms with van der Waals surface area (Å²) in [5.41, 5.74) is 1.80. The Kier molecular flexibility index (Phi) is 12.6. The zero-order chi connectivity index (χ0) is 24.1. The first-order valence-electron chi connectivity index (χ1n) is 9.58. The van der Waals surface area contributed by atoms with E-state index in [0.717, 1.165) is 0 Å². The zero-order valence-corrected chi connectivity index (χ0v) is 33.0. The molecule has 0 heterocycles. The van der Waals surface area contributed by atoms with Crippen LogP contribution in [0.4, 0.5) is 0 Å². The summed E-state index contributed by atoms with van der Waals surface area (Å²) in [6, 6.07) is 0. The topological polar surface area (TPSA) is 147 Å². The van der Waals surface area contributed by atoms with Gasteiger partial charge < -0.3 is 44.9 Å². The largest absolute Gasteiger partial charge is 0.440 e. The van der Waals surface area contributed by atoms with Crippen LogP contribution in [-0.2, 0) is 20.9 Å². The molecule has 180 valence electrons. The summed E-state index contributed by atoms with van der Waals surface area (Å²) in [7, 11) is -18.2. The van der Waals surface area contributed by atoms with Gasteiger partial charge in [0, 0.05) is 16.9 Å². The molecule has 21 heteroatoms. The summed E-state index contributed by atoms with van der Waals surface area (Å²) in [6.07, 6.45) is 0. The van der Waals surface area contributed by atoms with E-state index in [9.17, 15) is 24.0 Å². The minimum atomic E-state index is -3.79. The summed E-state index contributed by atoms with van der Waals surface area (Å²) >= 11 is 0. The summed E-state index contributed by atoms with van der Waals surface area (Å²) in [4.78, 5) is 52.5. The molecule has 0 radical (unpaired) electrons. The van der Waals surface area contributed by atoms with Gasteiger partial charge in [0.2, 0.25) is 6.87 Å². The van der Waals surface area contributed by atoms with Crippen molar-refractivity contribution >= 4 is 94.4 Å². The Bertz CT molecular complexity index is 552. The molecule has 0 aromatic carbocycles. The van der Waals surface area contributed by atoms with Gasteiger partial charge in [-0.25, -0.2) is 0 Å². The van der Waals surface area contributed by atoms with E-state index in [1.54, 1.807) is 18.8 Å². The SMILES string of the molecule is C=C[Si](C)(C)O[Si](C)(C)O[Si](O[Si](C)(C)O)([Si]([SiH3])(OC)[SiH2]O)[Si](O[SiH2]O)([SiH2]O)[SiH2]O. The molecular weight excluding hydrogens is 577 g/mol. The third-order valence-corrected chi connectivity index (χ3v) is 100. The number of rotatable bonds is 15. The van der Waals surface area contributed by atoms with Gasteiger partial charge in [-0.05, 0) is 39.3 Å². The fourth-order valence-electron chi connectivity index (χ4n) is 3.17. The maximum atomic E-state index is 10.8. The van der Waals surface area contributed by atoms with Crippen LogP contribution in [-0.4, -0.2) is 125 Å². The van der Waals surface area contributed by atoms with E-state index < -0.39 is 84.6 Å². The van der Waals surface area contributed by atoms with E-state index in [2.05, 4.69) is 6.58 Å². The lowest BCUT2D eigenvalue weighted by Gasteiger charge is -2.54. The second-order valence-corrected chi connectivity index (χ2v) is 75.5. The van der Waals surface area contributed by atoms with Crippen LogP contribution in [0, 0.1) is 0 Å². The Morgan fingerprint density at radius 2 is 1.37 bits per heavy atom. The second kappa shape index (κ2) is 11.9. The molecule has 2 atom stereocenters. The first-order chi connectivity index (χ1) is 13.5. The van der Waals surface area contributed by atoms with Crippen molar-refractivity contribution in [3.8, 4) is 0 Å². The highest BCUT2D eigenvalue weighted by molar-refractivity contribution is 7.95. The molecule has 0 aliphatic rings. The zero-order valence-electron chi connectivity index (χ0n) is 19.4. The average Bonchev–Trinajstić information content (AvgIpc) is 2.62. The number of hydrogen-bond donors (Lipinski definition) is 5. The molecule has 0 amide bonds. The predicted molar refractivity (Wildman–Crippen MR) is 146 cm³/mol. The van der Waals surface area contributed by atoms with Gasteiger partial charge in [0.1, 0.15) is 0 Å². The van der Waals surface area contributed by atoms with E-state index >= 15 is 0 Å². The maximum absolute atomic E-state index is 10.8. The highest BCUT2D eigenvalue weighted by atomic mass is 30.2. The van der Waals surface area contributed by atoms with Crippen molar-refractivity contribution in [3.05, 3.63) is 12.3 Å². The first-order valence-corrected chi connectivity index (χ1v) is 39.5. The normalized spacial score (nSPS) is 21.3. The van der Waals surface area contributed by atoms with Gasteiger partial charge in [-0.1, -0.05) is 5.70 Å². The van der Waals surface area contributed by atoms with Crippen LogP contribution in [0.15, 0.2) is 12.3 Å². The highest BCUT2D eigenvalue weighted by Gasteiger charge is 2.75. The van der Waals surface area contributed by atoms with Crippen LogP contribution < -0.4 is 0 Å².